The summed E-state index contributed by atoms with van der Waals surface area (Å²) < 4.78 is 5.92. The van der Waals surface area contributed by atoms with Crippen LogP contribution in [0.15, 0.2) is 53.3 Å². The first-order valence-electron chi connectivity index (χ1n) is 13.7. The summed E-state index contributed by atoms with van der Waals surface area (Å²) in [5.41, 5.74) is 2.11. The van der Waals surface area contributed by atoms with Crippen LogP contribution in [0, 0.1) is 5.92 Å². The van der Waals surface area contributed by atoms with Crippen LogP contribution in [0.1, 0.15) is 62.7 Å². The molecule has 1 aromatic heterocycles. The maximum Gasteiger partial charge on any atom is 0.248 e. The Balaban J connectivity index is 1.06. The van der Waals surface area contributed by atoms with E-state index in [1.165, 1.54) is 43.6 Å². The number of pyridine rings is 1. The van der Waals surface area contributed by atoms with Gasteiger partial charge in [0, 0.05) is 24.5 Å². The van der Waals surface area contributed by atoms with Crippen LogP contribution in [0.5, 0.6) is 11.5 Å². The number of nitrogens with zero attached hydrogens (tertiary/aromatic N) is 1. The second kappa shape index (κ2) is 13.6. The number of phenols is 1. The Kier molecular flexibility index (Phi) is 9.99. The molecule has 0 radical (unpaired) electrons. The zero-order chi connectivity index (χ0) is 26.0. The van der Waals surface area contributed by atoms with Crippen molar-refractivity contribution in [2.24, 2.45) is 5.92 Å². The number of fused-ring (bicyclic) bond motifs is 1. The van der Waals surface area contributed by atoms with Crippen molar-refractivity contribution in [3.05, 3.63) is 70.0 Å². The van der Waals surface area contributed by atoms with Gasteiger partial charge in [-0.25, -0.2) is 0 Å². The maximum atomic E-state index is 11.6. The van der Waals surface area contributed by atoms with Crippen LogP contribution in [0.3, 0.4) is 0 Å². The number of aromatic hydroxyl groups is 1. The van der Waals surface area contributed by atoms with E-state index in [9.17, 15) is 15.0 Å². The highest BCUT2D eigenvalue weighted by Gasteiger charge is 2.16. The highest BCUT2D eigenvalue weighted by Crippen LogP contribution is 2.28. The molecule has 2 aromatic carbocycles. The van der Waals surface area contributed by atoms with Crippen LogP contribution in [-0.2, 0) is 6.54 Å². The maximum absolute atomic E-state index is 11.6. The van der Waals surface area contributed by atoms with E-state index in [0.29, 0.717) is 23.0 Å². The van der Waals surface area contributed by atoms with Crippen LogP contribution in [0.4, 0.5) is 0 Å². The van der Waals surface area contributed by atoms with E-state index in [-0.39, 0.29) is 11.3 Å². The Morgan fingerprint density at radius 1 is 1.03 bits per heavy atom. The summed E-state index contributed by atoms with van der Waals surface area (Å²) in [7, 11) is 0. The third kappa shape index (κ3) is 8.06. The molecule has 1 saturated heterocycles. The van der Waals surface area contributed by atoms with E-state index < -0.39 is 6.10 Å². The van der Waals surface area contributed by atoms with Crippen molar-refractivity contribution in [2.75, 3.05) is 32.8 Å². The van der Waals surface area contributed by atoms with Gasteiger partial charge in [-0.1, -0.05) is 38.0 Å². The Hall–Kier alpha value is -2.87. The highest BCUT2D eigenvalue weighted by atomic mass is 16.5. The van der Waals surface area contributed by atoms with Gasteiger partial charge in [0.25, 0.3) is 0 Å². The summed E-state index contributed by atoms with van der Waals surface area (Å²) in [6.45, 7) is 7.75. The Morgan fingerprint density at radius 2 is 1.78 bits per heavy atom. The van der Waals surface area contributed by atoms with E-state index in [2.05, 4.69) is 46.4 Å². The number of aliphatic hydroxyl groups is 1. The average Bonchev–Trinajstić information content (AvgIpc) is 2.90. The fourth-order valence-electron chi connectivity index (χ4n) is 4.96. The van der Waals surface area contributed by atoms with E-state index in [4.69, 9.17) is 4.74 Å². The molecule has 4 rings (SSSR count). The highest BCUT2D eigenvalue weighted by molar-refractivity contribution is 5.87. The van der Waals surface area contributed by atoms with Gasteiger partial charge in [0.2, 0.25) is 5.56 Å². The summed E-state index contributed by atoms with van der Waals surface area (Å²) in [6, 6.07) is 14.8. The van der Waals surface area contributed by atoms with Crippen LogP contribution in [-0.4, -0.2) is 52.9 Å². The van der Waals surface area contributed by atoms with E-state index in [1.807, 2.05) is 0 Å². The molecular weight excluding hydrogens is 466 g/mol. The van der Waals surface area contributed by atoms with Gasteiger partial charge in [-0.05, 0) is 86.6 Å². The minimum Gasteiger partial charge on any atom is -0.506 e. The van der Waals surface area contributed by atoms with Crippen molar-refractivity contribution in [1.29, 1.82) is 0 Å². The number of likely N-dealkylation sites (tertiary alicyclic amines) is 1. The normalized spacial score (nSPS) is 15.7. The van der Waals surface area contributed by atoms with Crippen molar-refractivity contribution < 1.29 is 14.9 Å². The molecule has 200 valence electrons. The number of aliphatic hydroxyl groups excluding tert-OH is 1. The van der Waals surface area contributed by atoms with Gasteiger partial charge >= 0.3 is 0 Å². The lowest BCUT2D eigenvalue weighted by Gasteiger charge is -2.30. The number of nitrogens with one attached hydrogen (secondary N) is 2. The smallest absolute Gasteiger partial charge is 0.248 e. The quantitative estimate of drug-likeness (QED) is 0.250. The lowest BCUT2D eigenvalue weighted by Crippen LogP contribution is -2.32. The number of phenolic OH excluding ortho intramolecular Hbond substituents is 1. The number of aromatic amines is 1. The zero-order valence-corrected chi connectivity index (χ0v) is 21.9. The van der Waals surface area contributed by atoms with Crippen molar-refractivity contribution in [3.8, 4) is 11.5 Å². The topological polar surface area (TPSA) is 97.8 Å². The molecule has 0 amide bonds. The van der Waals surface area contributed by atoms with Crippen molar-refractivity contribution in [1.82, 2.24) is 15.2 Å². The molecular formula is C30H41N3O4. The number of hydrogen-bond acceptors (Lipinski definition) is 6. The van der Waals surface area contributed by atoms with Crippen molar-refractivity contribution >= 4 is 10.9 Å². The summed E-state index contributed by atoms with van der Waals surface area (Å²) in [5.74, 6) is 1.81. The zero-order valence-electron chi connectivity index (χ0n) is 21.9. The minimum absolute atomic E-state index is 0.000165. The Bertz CT molecular complexity index is 1170. The number of hydrogen-bond donors (Lipinski definition) is 4. The average molecular weight is 508 g/mol. The fraction of sp³-hybridized carbons (Fsp3) is 0.500. The first-order chi connectivity index (χ1) is 18.0. The molecule has 1 unspecified atom stereocenters. The summed E-state index contributed by atoms with van der Waals surface area (Å²) in [4.78, 5) is 16.7. The third-order valence-electron chi connectivity index (χ3n) is 7.33. The van der Waals surface area contributed by atoms with Crippen molar-refractivity contribution in [2.45, 2.75) is 58.1 Å². The van der Waals surface area contributed by atoms with E-state index in [1.54, 1.807) is 12.1 Å². The molecule has 3 aromatic rings. The van der Waals surface area contributed by atoms with Gasteiger partial charge in [-0.2, -0.15) is 0 Å². The monoisotopic (exact) mass is 507 g/mol. The van der Waals surface area contributed by atoms with Crippen LogP contribution < -0.4 is 15.6 Å². The van der Waals surface area contributed by atoms with Gasteiger partial charge in [-0.3, -0.25) is 9.69 Å². The molecule has 4 N–H and O–H groups in total. The number of aromatic nitrogens is 1. The van der Waals surface area contributed by atoms with Crippen LogP contribution in [0.2, 0.25) is 0 Å². The molecule has 1 aliphatic heterocycles. The number of rotatable bonds is 13. The standard InChI is InChI=1S/C30H41N3O4/c1-22-14-17-33(18-15-22)21-23-6-8-24(9-7-23)37-19-5-3-2-4-16-31-20-28(35)25-10-12-27(34)30-26(25)11-13-29(36)32-30/h6-13,22,28,31,34-35H,2-5,14-21H2,1H3,(H,32,36). The number of H-pyrrole nitrogens is 1. The molecule has 7 nitrogen and oxygen atoms in total. The molecule has 37 heavy (non-hydrogen) atoms. The number of ether oxygens (including phenoxy) is 1. The van der Waals surface area contributed by atoms with E-state index in [0.717, 1.165) is 57.0 Å². The number of unbranched alkanes of at least 4 members (excludes halogenated alkanes) is 3. The summed E-state index contributed by atoms with van der Waals surface area (Å²) >= 11 is 0. The second-order valence-electron chi connectivity index (χ2n) is 10.4. The fourth-order valence-corrected chi connectivity index (χ4v) is 4.96. The second-order valence-corrected chi connectivity index (χ2v) is 10.4. The van der Waals surface area contributed by atoms with Crippen LogP contribution in [0.25, 0.3) is 10.9 Å². The number of piperidine rings is 1. The lowest BCUT2D eigenvalue weighted by molar-refractivity contribution is 0.176. The molecule has 0 bridgehead atoms. The summed E-state index contributed by atoms with van der Waals surface area (Å²) in [6.07, 6.45) is 6.14. The Morgan fingerprint density at radius 3 is 2.57 bits per heavy atom. The Labute approximate surface area is 219 Å². The van der Waals surface area contributed by atoms with Gasteiger partial charge in [0.05, 0.1) is 18.2 Å². The molecule has 0 spiro atoms. The number of benzene rings is 2. The predicted molar refractivity (Wildman–Crippen MR) is 148 cm³/mol. The molecule has 2 heterocycles. The predicted octanol–water partition coefficient (Wildman–Crippen LogP) is 4.73. The molecule has 1 aliphatic rings. The first kappa shape index (κ1) is 27.2. The van der Waals surface area contributed by atoms with Gasteiger partial charge in [0.15, 0.2) is 0 Å². The lowest BCUT2D eigenvalue weighted by atomic mass is 9.99. The van der Waals surface area contributed by atoms with Crippen molar-refractivity contribution in [3.63, 3.8) is 0 Å². The largest absolute Gasteiger partial charge is 0.506 e. The summed E-state index contributed by atoms with van der Waals surface area (Å²) in [5, 5.41) is 24.6. The van der Waals surface area contributed by atoms with Gasteiger partial charge < -0.3 is 25.3 Å². The molecule has 7 heteroatoms. The third-order valence-corrected chi connectivity index (χ3v) is 7.33. The van der Waals surface area contributed by atoms with Gasteiger partial charge in [-0.15, -0.1) is 0 Å². The molecule has 0 saturated carbocycles. The first-order valence-corrected chi connectivity index (χ1v) is 13.7. The SMILES string of the molecule is CC1CCN(Cc2ccc(OCCCCCCNCC(O)c3ccc(O)c4[nH]c(=O)ccc34)cc2)CC1. The van der Waals surface area contributed by atoms with E-state index >= 15 is 0 Å². The molecule has 1 atom stereocenters. The minimum atomic E-state index is -0.725. The van der Waals surface area contributed by atoms with Gasteiger partial charge in [0.1, 0.15) is 11.5 Å². The molecule has 0 aliphatic carbocycles. The van der Waals surface area contributed by atoms with Crippen LogP contribution >= 0.6 is 0 Å². The molecule has 1 fully saturated rings.